The average Bonchev–Trinajstić information content (AvgIpc) is 3.52. The molecule has 1 fully saturated rings. The maximum atomic E-state index is 13.8. The Morgan fingerprint density at radius 3 is 2.63 bits per heavy atom. The highest BCUT2D eigenvalue weighted by molar-refractivity contribution is 9.12. The lowest BCUT2D eigenvalue weighted by atomic mass is 9.59. The number of Topliss-reactive ketones (excluding diaryl/α,β-unsaturated/α-hetero) is 1. The number of halogens is 1. The van der Waals surface area contributed by atoms with E-state index in [2.05, 4.69) is 15.9 Å². The van der Waals surface area contributed by atoms with Crippen LogP contribution in [0.4, 0.5) is 0 Å². The lowest BCUT2D eigenvalue weighted by Crippen LogP contribution is -2.39. The number of benzene rings is 1. The molecular weight excluding hydrogens is 570 g/mol. The smallest absolute Gasteiger partial charge is 0.234 e. The van der Waals surface area contributed by atoms with Gasteiger partial charge in [0.15, 0.2) is 11.6 Å². The fourth-order valence-electron chi connectivity index (χ4n) is 6.35. The van der Waals surface area contributed by atoms with Crippen LogP contribution in [0.15, 0.2) is 75.1 Å². The van der Waals surface area contributed by atoms with E-state index in [1.165, 1.54) is 22.3 Å². The summed E-state index contributed by atoms with van der Waals surface area (Å²) in [5.74, 6) is -2.52. The Morgan fingerprint density at radius 1 is 1.05 bits per heavy atom. The van der Waals surface area contributed by atoms with Gasteiger partial charge in [-0.1, -0.05) is 35.9 Å². The fourth-order valence-corrected chi connectivity index (χ4v) is 7.49. The van der Waals surface area contributed by atoms with Gasteiger partial charge >= 0.3 is 0 Å². The predicted molar refractivity (Wildman–Crippen MR) is 143 cm³/mol. The Bertz CT molecular complexity index is 1450. The highest BCUT2D eigenvalue weighted by Gasteiger charge is 2.56. The summed E-state index contributed by atoms with van der Waals surface area (Å²) in [6, 6.07) is 11.1. The maximum Gasteiger partial charge on any atom is 0.234 e. The van der Waals surface area contributed by atoms with Crippen LogP contribution < -0.4 is 4.74 Å². The van der Waals surface area contributed by atoms with Crippen molar-refractivity contribution in [3.63, 3.8) is 0 Å². The summed E-state index contributed by atoms with van der Waals surface area (Å²) in [7, 11) is 0. The summed E-state index contributed by atoms with van der Waals surface area (Å²) in [4.78, 5) is 56.2. The van der Waals surface area contributed by atoms with Gasteiger partial charge in [-0.2, -0.15) is 0 Å². The van der Waals surface area contributed by atoms with Gasteiger partial charge in [-0.15, -0.1) is 11.3 Å². The highest BCUT2D eigenvalue weighted by atomic mass is 79.9. The monoisotopic (exact) mass is 593 g/mol. The summed E-state index contributed by atoms with van der Waals surface area (Å²) in [6.45, 7) is 0.142. The molecule has 0 bridgehead atoms. The number of imide groups is 1. The number of ketones is 2. The van der Waals surface area contributed by atoms with Gasteiger partial charge in [0, 0.05) is 33.6 Å². The molecule has 1 N–H and O–H groups in total. The van der Waals surface area contributed by atoms with Gasteiger partial charge in [-0.3, -0.25) is 24.1 Å². The standard InChI is InChI=1S/C29H24BrNO6S/c30-21-13-22(33)26-20(27(21)34)12-19-16(24(26)17-5-1-2-6-23(17)37-10-9-32)7-8-18-25(19)29(36)31(28(18)35)14-15-4-3-11-38-15/h1-7,11,13,18-19,24-25,32H,8-10,12,14H2. The van der Waals surface area contributed by atoms with Crippen LogP contribution >= 0.6 is 27.3 Å². The number of fused-ring (bicyclic) bond motifs is 3. The Labute approximate surface area is 231 Å². The predicted octanol–water partition coefficient (Wildman–Crippen LogP) is 4.08. The third-order valence-corrected chi connectivity index (χ3v) is 9.35. The zero-order valence-electron chi connectivity index (χ0n) is 20.3. The van der Waals surface area contributed by atoms with Crippen molar-refractivity contribution in [2.24, 2.45) is 17.8 Å². The number of ether oxygens (including phenoxy) is 1. The Hall–Kier alpha value is -3.14. The number of rotatable bonds is 6. The molecule has 6 rings (SSSR count). The van der Waals surface area contributed by atoms with E-state index in [9.17, 15) is 24.3 Å². The first-order chi connectivity index (χ1) is 18.4. The third kappa shape index (κ3) is 3.95. The molecular formula is C29H24BrNO6S. The summed E-state index contributed by atoms with van der Waals surface area (Å²) < 4.78 is 6.03. The van der Waals surface area contributed by atoms with E-state index in [1.54, 1.807) is 6.07 Å². The van der Waals surface area contributed by atoms with Crippen LogP contribution in [-0.4, -0.2) is 46.6 Å². The lowest BCUT2D eigenvalue weighted by molar-refractivity contribution is -0.140. The molecule has 1 aromatic heterocycles. The first-order valence-corrected chi connectivity index (χ1v) is 14.2. The second-order valence-electron chi connectivity index (χ2n) is 9.85. The first kappa shape index (κ1) is 25.2. The van der Waals surface area contributed by atoms with E-state index in [1.807, 2.05) is 41.8 Å². The second kappa shape index (κ2) is 9.87. The van der Waals surface area contributed by atoms with Crippen LogP contribution in [0.3, 0.4) is 0 Å². The van der Waals surface area contributed by atoms with Crippen LogP contribution in [0, 0.1) is 17.8 Å². The number of allylic oxidation sites excluding steroid dienone is 6. The number of amides is 2. The molecule has 2 amide bonds. The molecule has 1 aliphatic heterocycles. The van der Waals surface area contributed by atoms with Gasteiger partial charge < -0.3 is 9.84 Å². The highest BCUT2D eigenvalue weighted by Crippen LogP contribution is 2.56. The van der Waals surface area contributed by atoms with Crippen molar-refractivity contribution in [3.8, 4) is 5.75 Å². The SMILES string of the molecule is O=C1C=C(Br)C(=O)C2=C1C(c1ccccc1OCCO)C1=CCC3C(=O)N(Cc4cccs4)C(=O)C3C1C2. The van der Waals surface area contributed by atoms with E-state index in [4.69, 9.17) is 4.74 Å². The van der Waals surface area contributed by atoms with E-state index in [0.717, 1.165) is 10.5 Å². The minimum absolute atomic E-state index is 0.0752. The maximum absolute atomic E-state index is 13.8. The molecule has 2 aromatic rings. The minimum Gasteiger partial charge on any atom is -0.491 e. The van der Waals surface area contributed by atoms with Crippen molar-refractivity contribution >= 4 is 50.6 Å². The molecule has 4 atom stereocenters. The van der Waals surface area contributed by atoms with Gasteiger partial charge in [0.05, 0.1) is 29.5 Å². The fraction of sp³-hybridized carbons (Fsp3) is 0.310. The quantitative estimate of drug-likeness (QED) is 0.308. The largest absolute Gasteiger partial charge is 0.491 e. The molecule has 0 radical (unpaired) electrons. The van der Waals surface area contributed by atoms with Gasteiger partial charge in [0.25, 0.3) is 0 Å². The van der Waals surface area contributed by atoms with Gasteiger partial charge in [0.1, 0.15) is 12.4 Å². The van der Waals surface area contributed by atoms with Gasteiger partial charge in [-0.25, -0.2) is 0 Å². The summed E-state index contributed by atoms with van der Waals surface area (Å²) in [5.41, 5.74) is 2.34. The van der Waals surface area contributed by atoms with E-state index < -0.39 is 23.7 Å². The van der Waals surface area contributed by atoms with Gasteiger partial charge in [-0.05, 0) is 52.2 Å². The molecule has 9 heteroatoms. The number of hydrogen-bond acceptors (Lipinski definition) is 7. The molecule has 38 heavy (non-hydrogen) atoms. The van der Waals surface area contributed by atoms with E-state index in [-0.39, 0.29) is 54.0 Å². The lowest BCUT2D eigenvalue weighted by Gasteiger charge is -2.42. The zero-order valence-corrected chi connectivity index (χ0v) is 22.7. The normalized spacial score (nSPS) is 26.6. The van der Waals surface area contributed by atoms with Crippen LogP contribution in [0.2, 0.25) is 0 Å². The molecule has 0 saturated carbocycles. The average molecular weight is 594 g/mol. The molecule has 194 valence electrons. The molecule has 0 spiro atoms. The topological polar surface area (TPSA) is 101 Å². The second-order valence-corrected chi connectivity index (χ2v) is 11.7. The van der Waals surface area contributed by atoms with Crippen molar-refractivity contribution in [1.29, 1.82) is 0 Å². The molecule has 4 aliphatic rings. The van der Waals surface area contributed by atoms with Crippen LogP contribution in [0.25, 0.3) is 0 Å². The number of likely N-dealkylation sites (tertiary alicyclic amines) is 1. The third-order valence-electron chi connectivity index (χ3n) is 7.90. The molecule has 7 nitrogen and oxygen atoms in total. The Kier molecular flexibility index (Phi) is 6.53. The number of nitrogens with zero attached hydrogens (tertiary/aromatic N) is 1. The van der Waals surface area contributed by atoms with Gasteiger partial charge in [0.2, 0.25) is 11.8 Å². The number of carbonyl (C=O) groups excluding carboxylic acids is 4. The van der Waals surface area contributed by atoms with Crippen molar-refractivity contribution in [2.45, 2.75) is 25.3 Å². The molecule has 2 heterocycles. The molecule has 1 aromatic carbocycles. The first-order valence-electron chi connectivity index (χ1n) is 12.5. The molecule has 1 saturated heterocycles. The summed E-state index contributed by atoms with van der Waals surface area (Å²) in [5, 5.41) is 11.3. The number of carbonyl (C=O) groups is 4. The van der Waals surface area contributed by atoms with Crippen molar-refractivity contribution in [1.82, 2.24) is 4.90 Å². The summed E-state index contributed by atoms with van der Waals surface area (Å²) in [6.07, 6.45) is 3.92. The summed E-state index contributed by atoms with van der Waals surface area (Å²) >= 11 is 4.75. The minimum atomic E-state index is -0.600. The Morgan fingerprint density at radius 2 is 1.87 bits per heavy atom. The van der Waals surface area contributed by atoms with E-state index >= 15 is 0 Å². The molecule has 4 unspecified atom stereocenters. The number of thiophene rings is 1. The van der Waals surface area contributed by atoms with Crippen LogP contribution in [0.1, 0.15) is 29.2 Å². The number of hydrogen-bond donors (Lipinski definition) is 1. The number of para-hydroxylation sites is 1. The zero-order chi connectivity index (χ0) is 26.6. The molecule has 3 aliphatic carbocycles. The van der Waals surface area contributed by atoms with Crippen LogP contribution in [-0.2, 0) is 25.7 Å². The van der Waals surface area contributed by atoms with Crippen molar-refractivity contribution in [2.75, 3.05) is 13.2 Å². The van der Waals surface area contributed by atoms with Crippen LogP contribution in [0.5, 0.6) is 5.75 Å². The van der Waals surface area contributed by atoms with Crippen molar-refractivity contribution in [3.05, 3.63) is 85.6 Å². The van der Waals surface area contributed by atoms with Crippen molar-refractivity contribution < 1.29 is 29.0 Å². The number of aliphatic hydroxyl groups is 1. The number of aliphatic hydroxyl groups excluding tert-OH is 1. The Balaban J connectivity index is 1.46. The van der Waals surface area contributed by atoms with E-state index in [0.29, 0.717) is 28.9 Å².